The molecule has 22 heavy (non-hydrogen) atoms. The lowest BCUT2D eigenvalue weighted by molar-refractivity contribution is -0.122. The van der Waals surface area contributed by atoms with Crippen molar-refractivity contribution in [3.8, 4) is 0 Å². The van der Waals surface area contributed by atoms with Gasteiger partial charge in [0.05, 0.1) is 16.9 Å². The van der Waals surface area contributed by atoms with E-state index in [0.717, 1.165) is 10.1 Å². The van der Waals surface area contributed by atoms with Crippen LogP contribution in [0, 0.1) is 0 Å². The molecule has 3 rings (SSSR count). The molecule has 0 aliphatic carbocycles. The number of nitrogens with one attached hydrogen (secondary N) is 1. The Bertz CT molecular complexity index is 930. The molecule has 1 N–H and O–H groups in total. The summed E-state index contributed by atoms with van der Waals surface area (Å²) in [4.78, 5) is 28.7. The smallest absolute Gasteiger partial charge is 0.271 e. The summed E-state index contributed by atoms with van der Waals surface area (Å²) in [5, 5.41) is 4.12. The summed E-state index contributed by atoms with van der Waals surface area (Å²) in [7, 11) is 0. The molecule has 7 heteroatoms. The van der Waals surface area contributed by atoms with E-state index in [1.54, 1.807) is 6.07 Å². The Morgan fingerprint density at radius 1 is 1.45 bits per heavy atom. The highest BCUT2D eigenvalue weighted by Gasteiger charge is 2.15. The van der Waals surface area contributed by atoms with Crippen LogP contribution in [-0.4, -0.2) is 21.5 Å². The molecule has 0 saturated heterocycles. The Labute approximate surface area is 135 Å². The SMILES string of the molecule is CC(C)NC(=O)Cn1cnc2c(sc3cccc(Cl)c32)c1=O. The standard InChI is InChI=1S/C15H14ClN3O2S/c1-8(2)18-11(20)6-19-7-17-13-12-9(16)4-3-5-10(12)22-14(13)15(19)21/h3-5,7-8H,6H2,1-2H3,(H,18,20). The van der Waals surface area contributed by atoms with Crippen molar-refractivity contribution >= 4 is 49.1 Å². The van der Waals surface area contributed by atoms with Crippen LogP contribution in [0.2, 0.25) is 5.02 Å². The topological polar surface area (TPSA) is 64.0 Å². The zero-order chi connectivity index (χ0) is 15.9. The Kier molecular flexibility index (Phi) is 3.88. The van der Waals surface area contributed by atoms with Crippen molar-refractivity contribution in [1.82, 2.24) is 14.9 Å². The number of benzene rings is 1. The second kappa shape index (κ2) is 5.70. The van der Waals surface area contributed by atoms with Crippen LogP contribution in [0.4, 0.5) is 0 Å². The van der Waals surface area contributed by atoms with Gasteiger partial charge in [0.1, 0.15) is 11.2 Å². The molecule has 0 aliphatic rings. The van der Waals surface area contributed by atoms with Gasteiger partial charge in [-0.15, -0.1) is 11.3 Å². The number of amides is 1. The fourth-order valence-corrected chi connectivity index (χ4v) is 3.76. The molecule has 0 fully saturated rings. The molecule has 2 aromatic heterocycles. The Morgan fingerprint density at radius 2 is 2.23 bits per heavy atom. The van der Waals surface area contributed by atoms with Crippen molar-refractivity contribution in [2.24, 2.45) is 0 Å². The third-order valence-corrected chi connectivity index (χ3v) is 4.63. The molecule has 2 heterocycles. The minimum Gasteiger partial charge on any atom is -0.352 e. The normalized spacial score (nSPS) is 11.5. The average Bonchev–Trinajstić information content (AvgIpc) is 2.82. The second-order valence-electron chi connectivity index (χ2n) is 5.29. The maximum atomic E-state index is 12.5. The van der Waals surface area contributed by atoms with Crippen molar-refractivity contribution in [2.75, 3.05) is 0 Å². The van der Waals surface area contributed by atoms with E-state index in [0.29, 0.717) is 15.2 Å². The van der Waals surface area contributed by atoms with Gasteiger partial charge >= 0.3 is 0 Å². The maximum absolute atomic E-state index is 12.5. The predicted octanol–water partition coefficient (Wildman–Crippen LogP) is 2.79. The first-order valence-corrected chi connectivity index (χ1v) is 8.02. The second-order valence-corrected chi connectivity index (χ2v) is 6.75. The Morgan fingerprint density at radius 3 is 2.95 bits per heavy atom. The van der Waals surface area contributed by atoms with Crippen LogP contribution in [-0.2, 0) is 11.3 Å². The highest BCUT2D eigenvalue weighted by atomic mass is 35.5. The van der Waals surface area contributed by atoms with Crippen LogP contribution in [0.1, 0.15) is 13.8 Å². The van der Waals surface area contributed by atoms with E-state index < -0.39 is 0 Å². The molecule has 0 bridgehead atoms. The van der Waals surface area contributed by atoms with Crippen molar-refractivity contribution in [3.63, 3.8) is 0 Å². The van der Waals surface area contributed by atoms with Crippen LogP contribution >= 0.6 is 22.9 Å². The first-order chi connectivity index (χ1) is 10.5. The lowest BCUT2D eigenvalue weighted by atomic mass is 10.2. The summed E-state index contributed by atoms with van der Waals surface area (Å²) in [5.74, 6) is -0.211. The molecule has 0 aliphatic heterocycles. The third-order valence-electron chi connectivity index (χ3n) is 3.18. The predicted molar refractivity (Wildman–Crippen MR) is 89.7 cm³/mol. The third kappa shape index (κ3) is 2.60. The fraction of sp³-hybridized carbons (Fsp3) is 0.267. The van der Waals surface area contributed by atoms with E-state index in [2.05, 4.69) is 10.3 Å². The lowest BCUT2D eigenvalue weighted by Gasteiger charge is -2.09. The highest BCUT2D eigenvalue weighted by molar-refractivity contribution is 7.25. The quantitative estimate of drug-likeness (QED) is 0.800. The fourth-order valence-electron chi connectivity index (χ4n) is 2.30. The van der Waals surface area contributed by atoms with Gasteiger partial charge in [-0.05, 0) is 26.0 Å². The van der Waals surface area contributed by atoms with Crippen LogP contribution in [0.5, 0.6) is 0 Å². The molecule has 0 unspecified atom stereocenters. The number of nitrogens with zero attached hydrogens (tertiary/aromatic N) is 2. The van der Waals surface area contributed by atoms with Gasteiger partial charge in [0.15, 0.2) is 0 Å². The van der Waals surface area contributed by atoms with E-state index in [4.69, 9.17) is 11.6 Å². The van der Waals surface area contributed by atoms with Gasteiger partial charge in [-0.3, -0.25) is 14.2 Å². The first kappa shape index (κ1) is 15.0. The number of thiophene rings is 1. The molecule has 114 valence electrons. The number of hydrogen-bond acceptors (Lipinski definition) is 4. The summed E-state index contributed by atoms with van der Waals surface area (Å²) in [5.41, 5.74) is 0.372. The molecule has 0 radical (unpaired) electrons. The number of carbonyl (C=O) groups is 1. The van der Waals surface area contributed by atoms with Gasteiger partial charge in [-0.25, -0.2) is 4.98 Å². The van der Waals surface area contributed by atoms with Gasteiger partial charge in [0.2, 0.25) is 5.91 Å². The summed E-state index contributed by atoms with van der Waals surface area (Å²) >= 11 is 7.55. The van der Waals surface area contributed by atoms with Crippen LogP contribution in [0.3, 0.4) is 0 Å². The monoisotopic (exact) mass is 335 g/mol. The number of rotatable bonds is 3. The average molecular weight is 336 g/mol. The largest absolute Gasteiger partial charge is 0.352 e. The number of fused-ring (bicyclic) bond motifs is 3. The zero-order valence-corrected chi connectivity index (χ0v) is 13.7. The number of aromatic nitrogens is 2. The van der Waals surface area contributed by atoms with Gasteiger partial charge in [0.25, 0.3) is 5.56 Å². The molecule has 0 saturated carbocycles. The molecule has 5 nitrogen and oxygen atoms in total. The van der Waals surface area contributed by atoms with Crippen molar-refractivity contribution in [3.05, 3.63) is 39.9 Å². The van der Waals surface area contributed by atoms with Crippen molar-refractivity contribution < 1.29 is 4.79 Å². The van der Waals surface area contributed by atoms with E-state index in [1.165, 1.54) is 22.2 Å². The molecule has 0 spiro atoms. The molecule has 1 aromatic carbocycles. The number of carbonyl (C=O) groups excluding carboxylic acids is 1. The summed E-state index contributed by atoms with van der Waals surface area (Å²) in [6.45, 7) is 3.70. The van der Waals surface area contributed by atoms with E-state index in [9.17, 15) is 9.59 Å². The van der Waals surface area contributed by atoms with Gasteiger partial charge < -0.3 is 5.32 Å². The molecule has 1 amide bonds. The minimum atomic E-state index is -0.221. The number of halogens is 1. The van der Waals surface area contributed by atoms with Gasteiger partial charge in [-0.2, -0.15) is 0 Å². The summed E-state index contributed by atoms with van der Waals surface area (Å²) in [6.07, 6.45) is 1.40. The Hall–Kier alpha value is -1.92. The van der Waals surface area contributed by atoms with Crippen molar-refractivity contribution in [2.45, 2.75) is 26.4 Å². The van der Waals surface area contributed by atoms with E-state index >= 15 is 0 Å². The molecule has 0 atom stereocenters. The molecular formula is C15H14ClN3O2S. The van der Waals surface area contributed by atoms with Gasteiger partial charge in [-0.1, -0.05) is 17.7 Å². The van der Waals surface area contributed by atoms with Crippen LogP contribution in [0.15, 0.2) is 29.3 Å². The molecule has 3 aromatic rings. The maximum Gasteiger partial charge on any atom is 0.271 e. The number of hydrogen-bond donors (Lipinski definition) is 1. The van der Waals surface area contributed by atoms with E-state index in [-0.39, 0.29) is 24.1 Å². The van der Waals surface area contributed by atoms with Gasteiger partial charge in [0, 0.05) is 16.1 Å². The lowest BCUT2D eigenvalue weighted by Crippen LogP contribution is -2.35. The summed E-state index contributed by atoms with van der Waals surface area (Å²) in [6, 6.07) is 5.56. The van der Waals surface area contributed by atoms with Crippen molar-refractivity contribution in [1.29, 1.82) is 0 Å². The Balaban J connectivity index is 2.11. The zero-order valence-electron chi connectivity index (χ0n) is 12.1. The molecular weight excluding hydrogens is 322 g/mol. The summed E-state index contributed by atoms with van der Waals surface area (Å²) < 4.78 is 2.75. The minimum absolute atomic E-state index is 0.0306. The van der Waals surface area contributed by atoms with E-state index in [1.807, 2.05) is 26.0 Å². The van der Waals surface area contributed by atoms with Crippen LogP contribution in [0.25, 0.3) is 20.3 Å². The highest BCUT2D eigenvalue weighted by Crippen LogP contribution is 2.34. The van der Waals surface area contributed by atoms with Crippen LogP contribution < -0.4 is 10.9 Å². The first-order valence-electron chi connectivity index (χ1n) is 6.83.